The molecule has 0 bridgehead atoms. The van der Waals surface area contributed by atoms with Gasteiger partial charge in [-0.25, -0.2) is 8.42 Å². The number of rotatable bonds is 7. The Labute approximate surface area is 139 Å². The zero-order valence-electron chi connectivity index (χ0n) is 14.5. The molecule has 0 spiro atoms. The molecule has 0 aliphatic carbocycles. The van der Waals surface area contributed by atoms with E-state index in [-0.39, 0.29) is 16.7 Å². The molecule has 0 aromatic heterocycles. The van der Waals surface area contributed by atoms with Crippen LogP contribution in [0, 0.1) is 12.8 Å². The van der Waals surface area contributed by atoms with E-state index < -0.39 is 16.1 Å². The summed E-state index contributed by atoms with van der Waals surface area (Å²) in [5.41, 5.74) is 6.89. The fourth-order valence-corrected chi connectivity index (χ4v) is 3.90. The number of benzene rings is 1. The number of aryl methyl sites for hydroxylation is 1. The van der Waals surface area contributed by atoms with Crippen LogP contribution in [0.1, 0.15) is 33.3 Å². The maximum atomic E-state index is 12.7. The smallest absolute Gasteiger partial charge is 0.243 e. The van der Waals surface area contributed by atoms with Crippen molar-refractivity contribution in [1.82, 2.24) is 4.31 Å². The van der Waals surface area contributed by atoms with Gasteiger partial charge in [-0.3, -0.25) is 4.79 Å². The molecule has 1 aromatic carbocycles. The Morgan fingerprint density at radius 2 is 1.83 bits per heavy atom. The Balaban J connectivity index is 3.16. The number of hydrogen-bond acceptors (Lipinski definition) is 4. The molecule has 0 saturated heterocycles. The molecule has 0 aliphatic rings. The lowest BCUT2D eigenvalue weighted by Crippen LogP contribution is -2.39. The largest absolute Gasteiger partial charge is 0.325 e. The number of nitrogens with zero attached hydrogens (tertiary/aromatic N) is 1. The van der Waals surface area contributed by atoms with Crippen molar-refractivity contribution in [3.63, 3.8) is 0 Å². The zero-order valence-corrected chi connectivity index (χ0v) is 15.3. The molecule has 0 fully saturated rings. The summed E-state index contributed by atoms with van der Waals surface area (Å²) in [6.07, 6.45) is 0. The van der Waals surface area contributed by atoms with Crippen LogP contribution >= 0.6 is 0 Å². The Morgan fingerprint density at radius 1 is 1.26 bits per heavy atom. The summed E-state index contributed by atoms with van der Waals surface area (Å²) in [4.78, 5) is 12.3. The number of carbonyl (C=O) groups excluding carboxylic acids is 1. The Morgan fingerprint density at radius 3 is 2.30 bits per heavy atom. The Hall–Kier alpha value is -1.44. The predicted octanol–water partition coefficient (Wildman–Crippen LogP) is 1.95. The summed E-state index contributed by atoms with van der Waals surface area (Å²) in [7, 11) is -3.58. The van der Waals surface area contributed by atoms with Crippen LogP contribution < -0.4 is 11.1 Å². The number of carbonyl (C=O) groups is 1. The fourth-order valence-electron chi connectivity index (χ4n) is 2.19. The van der Waals surface area contributed by atoms with Gasteiger partial charge in [-0.05, 0) is 30.5 Å². The molecular formula is C16H27N3O3S. The lowest BCUT2D eigenvalue weighted by atomic mass is 10.0. The van der Waals surface area contributed by atoms with Crippen LogP contribution in [0.25, 0.3) is 0 Å². The second-order valence-electron chi connectivity index (χ2n) is 5.83. The minimum absolute atomic E-state index is 0.000624. The van der Waals surface area contributed by atoms with Gasteiger partial charge in [0.2, 0.25) is 15.9 Å². The maximum Gasteiger partial charge on any atom is 0.243 e. The van der Waals surface area contributed by atoms with Crippen LogP contribution in [0.2, 0.25) is 0 Å². The molecule has 0 heterocycles. The first kappa shape index (κ1) is 19.6. The van der Waals surface area contributed by atoms with Gasteiger partial charge in [-0.2, -0.15) is 4.31 Å². The lowest BCUT2D eigenvalue weighted by molar-refractivity contribution is -0.118. The van der Waals surface area contributed by atoms with Crippen LogP contribution in [0.3, 0.4) is 0 Å². The predicted molar refractivity (Wildman–Crippen MR) is 92.7 cm³/mol. The highest BCUT2D eigenvalue weighted by Gasteiger charge is 2.24. The van der Waals surface area contributed by atoms with Crippen LogP contribution in [-0.4, -0.2) is 37.8 Å². The molecule has 1 unspecified atom stereocenters. The molecule has 1 aromatic rings. The van der Waals surface area contributed by atoms with Crippen molar-refractivity contribution in [2.45, 2.75) is 45.6 Å². The van der Waals surface area contributed by atoms with Gasteiger partial charge in [0, 0.05) is 18.8 Å². The van der Waals surface area contributed by atoms with Gasteiger partial charge >= 0.3 is 0 Å². The van der Waals surface area contributed by atoms with Gasteiger partial charge in [0.1, 0.15) is 0 Å². The summed E-state index contributed by atoms with van der Waals surface area (Å²) in [6, 6.07) is 4.22. The van der Waals surface area contributed by atoms with E-state index in [0.29, 0.717) is 24.3 Å². The van der Waals surface area contributed by atoms with E-state index in [1.54, 1.807) is 32.9 Å². The summed E-state index contributed by atoms with van der Waals surface area (Å²) in [5.74, 6) is -0.325. The van der Waals surface area contributed by atoms with Gasteiger partial charge in [-0.1, -0.05) is 33.8 Å². The highest BCUT2D eigenvalue weighted by atomic mass is 32.2. The molecule has 0 saturated carbocycles. The van der Waals surface area contributed by atoms with Crippen molar-refractivity contribution in [3.8, 4) is 0 Å². The summed E-state index contributed by atoms with van der Waals surface area (Å²) < 4.78 is 26.8. The first-order valence-electron chi connectivity index (χ1n) is 7.82. The van der Waals surface area contributed by atoms with E-state index in [0.717, 1.165) is 0 Å². The molecule has 1 atom stereocenters. The van der Waals surface area contributed by atoms with Crippen LogP contribution in [0.4, 0.5) is 5.69 Å². The first-order chi connectivity index (χ1) is 10.6. The number of nitrogens with one attached hydrogen (secondary N) is 1. The molecule has 0 aliphatic heterocycles. The van der Waals surface area contributed by atoms with Gasteiger partial charge in [0.15, 0.2) is 0 Å². The molecule has 6 nitrogen and oxygen atoms in total. The number of anilines is 1. The quantitative estimate of drug-likeness (QED) is 0.793. The second-order valence-corrected chi connectivity index (χ2v) is 7.74. The third kappa shape index (κ3) is 4.53. The van der Waals surface area contributed by atoms with Crippen molar-refractivity contribution in [2.75, 3.05) is 18.4 Å². The monoisotopic (exact) mass is 341 g/mol. The van der Waals surface area contributed by atoms with E-state index in [1.165, 1.54) is 10.4 Å². The second kappa shape index (κ2) is 7.90. The van der Waals surface area contributed by atoms with Gasteiger partial charge in [-0.15, -0.1) is 0 Å². The summed E-state index contributed by atoms with van der Waals surface area (Å²) in [6.45, 7) is 9.83. The van der Waals surface area contributed by atoms with Crippen LogP contribution in [-0.2, 0) is 14.8 Å². The van der Waals surface area contributed by atoms with E-state index in [2.05, 4.69) is 5.32 Å². The standard InChI is InChI=1S/C16H27N3O3S/c1-6-19(7-2)23(21,22)14-10-13(9-8-12(14)5)18-16(20)15(17)11(3)4/h8-11,15H,6-7,17H2,1-5H3,(H,18,20). The maximum absolute atomic E-state index is 12.7. The average molecular weight is 341 g/mol. The number of sulfonamides is 1. The van der Waals surface area contributed by atoms with Crippen molar-refractivity contribution >= 4 is 21.6 Å². The van der Waals surface area contributed by atoms with E-state index >= 15 is 0 Å². The van der Waals surface area contributed by atoms with Crippen LogP contribution in [0.5, 0.6) is 0 Å². The molecule has 1 amide bonds. The van der Waals surface area contributed by atoms with E-state index in [9.17, 15) is 13.2 Å². The van der Waals surface area contributed by atoms with Gasteiger partial charge in [0.05, 0.1) is 10.9 Å². The average Bonchev–Trinajstić information content (AvgIpc) is 2.48. The van der Waals surface area contributed by atoms with Gasteiger partial charge < -0.3 is 11.1 Å². The Bertz CT molecular complexity index is 653. The fraction of sp³-hybridized carbons (Fsp3) is 0.562. The summed E-state index contributed by atoms with van der Waals surface area (Å²) in [5, 5.41) is 2.69. The highest BCUT2D eigenvalue weighted by molar-refractivity contribution is 7.89. The topological polar surface area (TPSA) is 92.5 Å². The minimum Gasteiger partial charge on any atom is -0.325 e. The molecule has 0 radical (unpaired) electrons. The van der Waals surface area contributed by atoms with E-state index in [4.69, 9.17) is 5.73 Å². The molecule has 130 valence electrons. The molecular weight excluding hydrogens is 314 g/mol. The van der Waals surface area contributed by atoms with E-state index in [1.807, 2.05) is 13.8 Å². The van der Waals surface area contributed by atoms with Crippen molar-refractivity contribution < 1.29 is 13.2 Å². The SMILES string of the molecule is CCN(CC)S(=O)(=O)c1cc(NC(=O)C(N)C(C)C)ccc1C. The van der Waals surface area contributed by atoms with Crippen molar-refractivity contribution in [3.05, 3.63) is 23.8 Å². The summed E-state index contributed by atoms with van der Waals surface area (Å²) >= 11 is 0. The normalized spacial score (nSPS) is 13.4. The van der Waals surface area contributed by atoms with Crippen molar-refractivity contribution in [1.29, 1.82) is 0 Å². The number of hydrogen-bond donors (Lipinski definition) is 2. The molecule has 1 rings (SSSR count). The van der Waals surface area contributed by atoms with Crippen molar-refractivity contribution in [2.24, 2.45) is 11.7 Å². The van der Waals surface area contributed by atoms with Gasteiger partial charge in [0.25, 0.3) is 0 Å². The highest BCUT2D eigenvalue weighted by Crippen LogP contribution is 2.23. The zero-order chi connectivity index (χ0) is 17.8. The molecule has 23 heavy (non-hydrogen) atoms. The molecule has 3 N–H and O–H groups in total. The van der Waals surface area contributed by atoms with Crippen LogP contribution in [0.15, 0.2) is 23.1 Å². The third-order valence-electron chi connectivity index (χ3n) is 3.80. The lowest BCUT2D eigenvalue weighted by Gasteiger charge is -2.21. The number of amides is 1. The third-order valence-corrected chi connectivity index (χ3v) is 5.99. The Kier molecular flexibility index (Phi) is 6.73. The first-order valence-corrected chi connectivity index (χ1v) is 9.26. The number of nitrogens with two attached hydrogens (primary N) is 1. The minimum atomic E-state index is -3.58. The molecule has 7 heteroatoms.